The zero-order valence-corrected chi connectivity index (χ0v) is 12.2. The van der Waals surface area contributed by atoms with E-state index < -0.39 is 11.9 Å². The number of aliphatic hydroxyl groups excluding tert-OH is 1. The molecule has 1 unspecified atom stereocenters. The van der Waals surface area contributed by atoms with Crippen LogP contribution in [0.4, 0.5) is 4.39 Å². The number of hydrogen-bond acceptors (Lipinski definition) is 1. The lowest BCUT2D eigenvalue weighted by Gasteiger charge is -2.16. The Morgan fingerprint density at radius 1 is 0.952 bits per heavy atom. The second-order valence-corrected chi connectivity index (χ2v) is 5.52. The Hall–Kier alpha value is -1.90. The van der Waals surface area contributed by atoms with Crippen LogP contribution in [0.3, 0.4) is 0 Å². The molecule has 21 heavy (non-hydrogen) atoms. The number of halogens is 2. The van der Waals surface area contributed by atoms with Crippen molar-refractivity contribution in [2.45, 2.75) is 13.0 Å². The third-order valence-corrected chi connectivity index (χ3v) is 3.96. The second-order valence-electron chi connectivity index (χ2n) is 5.09. The third kappa shape index (κ3) is 2.53. The largest absolute Gasteiger partial charge is 0.384 e. The lowest BCUT2D eigenvalue weighted by Crippen LogP contribution is -2.03. The fraction of sp³-hybridized carbons (Fsp3) is 0.111. The molecule has 0 aliphatic heterocycles. The summed E-state index contributed by atoms with van der Waals surface area (Å²) in [6.07, 6.45) is -1.02. The van der Waals surface area contributed by atoms with Gasteiger partial charge in [0.2, 0.25) is 0 Å². The molecule has 1 N–H and O–H groups in total. The highest BCUT2D eigenvalue weighted by atomic mass is 35.5. The van der Waals surface area contributed by atoms with Crippen LogP contribution < -0.4 is 0 Å². The van der Waals surface area contributed by atoms with Crippen LogP contribution in [0.25, 0.3) is 10.8 Å². The number of aryl methyl sites for hydroxylation is 1. The van der Waals surface area contributed by atoms with Crippen LogP contribution in [0.15, 0.2) is 54.6 Å². The predicted molar refractivity (Wildman–Crippen MR) is 84.2 cm³/mol. The van der Waals surface area contributed by atoms with E-state index in [9.17, 15) is 9.50 Å². The first-order chi connectivity index (χ1) is 10.1. The van der Waals surface area contributed by atoms with Crippen LogP contribution in [0.5, 0.6) is 0 Å². The summed E-state index contributed by atoms with van der Waals surface area (Å²) in [7, 11) is 0. The Morgan fingerprint density at radius 3 is 2.33 bits per heavy atom. The molecule has 0 bridgehead atoms. The van der Waals surface area contributed by atoms with Gasteiger partial charge in [-0.3, -0.25) is 0 Å². The molecule has 0 amide bonds. The van der Waals surface area contributed by atoms with Crippen molar-refractivity contribution in [3.63, 3.8) is 0 Å². The minimum absolute atomic E-state index is 0.230. The number of aliphatic hydroxyl groups is 1. The lowest BCUT2D eigenvalue weighted by atomic mass is 9.93. The van der Waals surface area contributed by atoms with Crippen LogP contribution in [0, 0.1) is 12.7 Å². The van der Waals surface area contributed by atoms with E-state index in [-0.39, 0.29) is 5.56 Å². The summed E-state index contributed by atoms with van der Waals surface area (Å²) in [4.78, 5) is 0. The van der Waals surface area contributed by atoms with Crippen molar-refractivity contribution in [2.24, 2.45) is 0 Å². The van der Waals surface area contributed by atoms with Crippen molar-refractivity contribution < 1.29 is 9.50 Å². The van der Waals surface area contributed by atoms with Gasteiger partial charge in [0.25, 0.3) is 0 Å². The monoisotopic (exact) mass is 300 g/mol. The maximum Gasteiger partial charge on any atom is 0.130 e. The quantitative estimate of drug-likeness (QED) is 0.704. The van der Waals surface area contributed by atoms with E-state index in [1.165, 1.54) is 12.1 Å². The molecule has 0 radical (unpaired) electrons. The fourth-order valence-electron chi connectivity index (χ4n) is 2.60. The standard InChI is InChI=1S/C18H14ClFO/c1-11-6-8-15(14-5-3-2-4-13(11)14)18(21)16-9-7-12(19)10-17(16)20/h2-10,18,21H,1H3. The molecule has 0 spiro atoms. The Morgan fingerprint density at radius 2 is 1.62 bits per heavy atom. The summed E-state index contributed by atoms with van der Waals surface area (Å²) in [5.41, 5.74) is 2.05. The molecule has 0 saturated carbocycles. The summed E-state index contributed by atoms with van der Waals surface area (Å²) < 4.78 is 14.0. The van der Waals surface area contributed by atoms with Crippen molar-refractivity contribution in [3.05, 3.63) is 82.1 Å². The van der Waals surface area contributed by atoms with Crippen molar-refractivity contribution >= 4 is 22.4 Å². The van der Waals surface area contributed by atoms with Gasteiger partial charge in [0, 0.05) is 10.6 Å². The minimum atomic E-state index is -1.02. The van der Waals surface area contributed by atoms with Gasteiger partial charge in [-0.05, 0) is 41.0 Å². The second kappa shape index (κ2) is 5.47. The maximum atomic E-state index is 14.0. The average Bonchev–Trinajstić information content (AvgIpc) is 2.47. The van der Waals surface area contributed by atoms with Gasteiger partial charge >= 0.3 is 0 Å². The molecular weight excluding hydrogens is 287 g/mol. The van der Waals surface area contributed by atoms with E-state index in [4.69, 9.17) is 11.6 Å². The zero-order valence-electron chi connectivity index (χ0n) is 11.5. The molecule has 3 rings (SSSR count). The van der Waals surface area contributed by atoms with Gasteiger partial charge in [-0.2, -0.15) is 0 Å². The highest BCUT2D eigenvalue weighted by Gasteiger charge is 2.18. The van der Waals surface area contributed by atoms with Gasteiger partial charge in [0.05, 0.1) is 0 Å². The molecule has 1 atom stereocenters. The SMILES string of the molecule is Cc1ccc(C(O)c2ccc(Cl)cc2F)c2ccccc12. The highest BCUT2D eigenvalue weighted by molar-refractivity contribution is 6.30. The molecule has 3 heteroatoms. The first kappa shape index (κ1) is 14.1. The summed E-state index contributed by atoms with van der Waals surface area (Å²) in [5.74, 6) is -0.500. The molecule has 0 aliphatic rings. The van der Waals surface area contributed by atoms with E-state index in [1.807, 2.05) is 43.3 Å². The Bertz CT molecular complexity index is 813. The molecule has 3 aromatic carbocycles. The number of rotatable bonds is 2. The highest BCUT2D eigenvalue weighted by Crippen LogP contribution is 2.32. The summed E-state index contributed by atoms with van der Waals surface area (Å²) in [6, 6.07) is 15.9. The number of hydrogen-bond donors (Lipinski definition) is 1. The van der Waals surface area contributed by atoms with Crippen LogP contribution in [0.2, 0.25) is 5.02 Å². The van der Waals surface area contributed by atoms with E-state index in [2.05, 4.69) is 0 Å². The normalized spacial score (nSPS) is 12.6. The number of fused-ring (bicyclic) bond motifs is 1. The van der Waals surface area contributed by atoms with E-state index in [1.54, 1.807) is 6.07 Å². The van der Waals surface area contributed by atoms with Gasteiger partial charge in [-0.25, -0.2) is 4.39 Å². The number of benzene rings is 3. The minimum Gasteiger partial charge on any atom is -0.384 e. The lowest BCUT2D eigenvalue weighted by molar-refractivity contribution is 0.216. The molecular formula is C18H14ClFO. The Labute approximate surface area is 127 Å². The first-order valence-corrected chi connectivity index (χ1v) is 7.07. The van der Waals surface area contributed by atoms with Crippen LogP contribution in [-0.2, 0) is 0 Å². The van der Waals surface area contributed by atoms with Crippen LogP contribution in [0.1, 0.15) is 22.8 Å². The van der Waals surface area contributed by atoms with Gasteiger partial charge in [0.1, 0.15) is 11.9 Å². The van der Waals surface area contributed by atoms with Crippen molar-refractivity contribution in [1.29, 1.82) is 0 Å². The van der Waals surface area contributed by atoms with Crippen molar-refractivity contribution in [2.75, 3.05) is 0 Å². The Balaban J connectivity index is 2.18. The van der Waals surface area contributed by atoms with Gasteiger partial charge < -0.3 is 5.11 Å². The Kier molecular flexibility index (Phi) is 3.66. The molecule has 0 fully saturated rings. The summed E-state index contributed by atoms with van der Waals surface area (Å²) in [5, 5.41) is 12.9. The molecule has 3 aromatic rings. The summed E-state index contributed by atoms with van der Waals surface area (Å²) in [6.45, 7) is 2.02. The van der Waals surface area contributed by atoms with Gasteiger partial charge in [-0.15, -0.1) is 0 Å². The molecule has 106 valence electrons. The third-order valence-electron chi connectivity index (χ3n) is 3.73. The molecule has 1 nitrogen and oxygen atoms in total. The smallest absolute Gasteiger partial charge is 0.130 e. The van der Waals surface area contributed by atoms with Crippen molar-refractivity contribution in [3.8, 4) is 0 Å². The van der Waals surface area contributed by atoms with Gasteiger partial charge in [-0.1, -0.05) is 54.1 Å². The average molecular weight is 301 g/mol. The molecule has 0 aliphatic carbocycles. The van der Waals surface area contributed by atoms with Crippen molar-refractivity contribution in [1.82, 2.24) is 0 Å². The predicted octanol–water partition coefficient (Wildman–Crippen LogP) is 5.02. The molecule has 0 saturated heterocycles. The molecule has 0 aromatic heterocycles. The van der Waals surface area contributed by atoms with Gasteiger partial charge in [0.15, 0.2) is 0 Å². The topological polar surface area (TPSA) is 20.2 Å². The van der Waals surface area contributed by atoms with E-state index >= 15 is 0 Å². The first-order valence-electron chi connectivity index (χ1n) is 6.69. The summed E-state index contributed by atoms with van der Waals surface area (Å²) >= 11 is 5.76. The van der Waals surface area contributed by atoms with E-state index in [0.717, 1.165) is 16.3 Å². The van der Waals surface area contributed by atoms with Crippen LogP contribution in [-0.4, -0.2) is 5.11 Å². The molecule has 0 heterocycles. The zero-order chi connectivity index (χ0) is 15.0. The van der Waals surface area contributed by atoms with Crippen LogP contribution >= 0.6 is 11.6 Å². The van der Waals surface area contributed by atoms with E-state index in [0.29, 0.717) is 10.6 Å². The fourth-order valence-corrected chi connectivity index (χ4v) is 2.76. The maximum absolute atomic E-state index is 14.0.